The number of hydrogen-bond acceptors (Lipinski definition) is 5. The summed E-state index contributed by atoms with van der Waals surface area (Å²) in [6, 6.07) is 0. The van der Waals surface area contributed by atoms with Crippen molar-refractivity contribution in [2.24, 2.45) is 0 Å². The van der Waals surface area contributed by atoms with Crippen molar-refractivity contribution in [2.45, 2.75) is 33.1 Å². The molecule has 1 heterocycles. The van der Waals surface area contributed by atoms with Crippen molar-refractivity contribution in [3.63, 3.8) is 0 Å². The molecule has 2 N–H and O–H groups in total. The fraction of sp³-hybridized carbons (Fsp3) is 0.692. The highest BCUT2D eigenvalue weighted by molar-refractivity contribution is 5.57. The summed E-state index contributed by atoms with van der Waals surface area (Å²) in [5.41, 5.74) is 1.08. The maximum absolute atomic E-state index is 8.75. The van der Waals surface area contributed by atoms with Crippen LogP contribution in [0.15, 0.2) is 0 Å². The first-order valence-corrected chi connectivity index (χ1v) is 6.45. The van der Waals surface area contributed by atoms with Crippen molar-refractivity contribution in [1.82, 2.24) is 9.97 Å². The summed E-state index contributed by atoms with van der Waals surface area (Å²) >= 11 is 0. The van der Waals surface area contributed by atoms with E-state index in [9.17, 15) is 0 Å². The zero-order valence-electron chi connectivity index (χ0n) is 11.8. The third kappa shape index (κ3) is 3.84. The minimum absolute atomic E-state index is 0.277. The quantitative estimate of drug-likeness (QED) is 0.724. The van der Waals surface area contributed by atoms with Gasteiger partial charge in [0, 0.05) is 32.8 Å². The summed E-state index contributed by atoms with van der Waals surface area (Å²) in [6.07, 6.45) is 2.98. The summed E-state index contributed by atoms with van der Waals surface area (Å²) in [7, 11) is 3.92. The lowest BCUT2D eigenvalue weighted by Crippen LogP contribution is -2.22. The molecule has 1 aromatic heterocycles. The molecule has 0 aliphatic heterocycles. The van der Waals surface area contributed by atoms with Gasteiger partial charge in [0.15, 0.2) is 0 Å². The average molecular weight is 252 g/mol. The van der Waals surface area contributed by atoms with E-state index < -0.39 is 0 Å². The molecule has 0 aliphatic carbocycles. The number of aliphatic hydroxyl groups is 1. The summed E-state index contributed by atoms with van der Waals surface area (Å²) < 4.78 is 0. The molecule has 102 valence electrons. The Bertz CT molecular complexity index is 381. The van der Waals surface area contributed by atoms with Crippen molar-refractivity contribution in [3.8, 4) is 0 Å². The van der Waals surface area contributed by atoms with Crippen molar-refractivity contribution >= 4 is 11.6 Å². The third-order valence-electron chi connectivity index (χ3n) is 2.98. The molecule has 5 heteroatoms. The molecular formula is C13H24N4O. The van der Waals surface area contributed by atoms with Crippen LogP contribution >= 0.6 is 0 Å². The van der Waals surface area contributed by atoms with E-state index >= 15 is 0 Å². The Morgan fingerprint density at radius 2 is 1.89 bits per heavy atom. The van der Waals surface area contributed by atoms with Crippen LogP contribution in [0.4, 0.5) is 11.6 Å². The van der Waals surface area contributed by atoms with Crippen LogP contribution in [0.25, 0.3) is 0 Å². The summed E-state index contributed by atoms with van der Waals surface area (Å²) in [5.74, 6) is 2.65. The Labute approximate surface area is 109 Å². The van der Waals surface area contributed by atoms with Crippen LogP contribution in [0, 0.1) is 13.8 Å². The molecule has 0 unspecified atom stereocenters. The summed E-state index contributed by atoms with van der Waals surface area (Å²) in [5, 5.41) is 11.9. The smallest absolute Gasteiger partial charge is 0.137 e. The zero-order chi connectivity index (χ0) is 13.5. The van der Waals surface area contributed by atoms with Gasteiger partial charge in [-0.3, -0.25) is 0 Å². The first-order chi connectivity index (χ1) is 8.60. The van der Waals surface area contributed by atoms with Gasteiger partial charge in [0.2, 0.25) is 0 Å². The second-order valence-corrected chi connectivity index (χ2v) is 4.52. The Morgan fingerprint density at radius 1 is 1.17 bits per heavy atom. The number of unbranched alkanes of at least 4 members (excludes halogenated alkanes) is 2. The molecule has 5 nitrogen and oxygen atoms in total. The van der Waals surface area contributed by atoms with Crippen LogP contribution in [0.2, 0.25) is 0 Å². The molecule has 0 radical (unpaired) electrons. The van der Waals surface area contributed by atoms with E-state index in [4.69, 9.17) is 5.11 Å². The molecule has 0 saturated heterocycles. The number of anilines is 2. The van der Waals surface area contributed by atoms with Gasteiger partial charge < -0.3 is 15.3 Å². The van der Waals surface area contributed by atoms with Gasteiger partial charge in [-0.2, -0.15) is 0 Å². The molecule has 18 heavy (non-hydrogen) atoms. The fourth-order valence-corrected chi connectivity index (χ4v) is 1.97. The second-order valence-electron chi connectivity index (χ2n) is 4.52. The summed E-state index contributed by atoms with van der Waals surface area (Å²) in [4.78, 5) is 11.0. The highest BCUT2D eigenvalue weighted by Gasteiger charge is 2.11. The van der Waals surface area contributed by atoms with Gasteiger partial charge in [0.05, 0.1) is 0 Å². The molecule has 1 rings (SSSR count). The van der Waals surface area contributed by atoms with Gasteiger partial charge in [0.1, 0.15) is 17.5 Å². The SMILES string of the molecule is CNc1nc(C)nc(N(C)CCCCCO)c1C. The van der Waals surface area contributed by atoms with Crippen LogP contribution in [0.1, 0.15) is 30.7 Å². The Hall–Kier alpha value is -1.36. The molecule has 0 amide bonds. The van der Waals surface area contributed by atoms with Crippen LogP contribution in [0.3, 0.4) is 0 Å². The zero-order valence-corrected chi connectivity index (χ0v) is 11.8. The number of hydrogen-bond donors (Lipinski definition) is 2. The first kappa shape index (κ1) is 14.7. The first-order valence-electron chi connectivity index (χ1n) is 6.45. The molecule has 0 saturated carbocycles. The van der Waals surface area contributed by atoms with E-state index in [0.717, 1.165) is 48.8 Å². The third-order valence-corrected chi connectivity index (χ3v) is 2.98. The van der Waals surface area contributed by atoms with E-state index in [1.54, 1.807) is 0 Å². The number of aliphatic hydroxyl groups excluding tert-OH is 1. The van der Waals surface area contributed by atoms with Crippen molar-refractivity contribution in [3.05, 3.63) is 11.4 Å². The lowest BCUT2D eigenvalue weighted by atomic mass is 10.2. The predicted molar refractivity (Wildman–Crippen MR) is 75.3 cm³/mol. The molecule has 1 aromatic rings. The van der Waals surface area contributed by atoms with Crippen molar-refractivity contribution in [1.29, 1.82) is 0 Å². The van der Waals surface area contributed by atoms with Gasteiger partial charge in [-0.05, 0) is 33.1 Å². The monoisotopic (exact) mass is 252 g/mol. The Kier molecular flexibility index (Phi) is 5.85. The predicted octanol–water partition coefficient (Wildman–Crippen LogP) is 1.73. The maximum atomic E-state index is 8.75. The Morgan fingerprint density at radius 3 is 2.50 bits per heavy atom. The normalized spacial score (nSPS) is 10.5. The van der Waals surface area contributed by atoms with Crippen LogP contribution < -0.4 is 10.2 Å². The van der Waals surface area contributed by atoms with Gasteiger partial charge in [-0.1, -0.05) is 0 Å². The lowest BCUT2D eigenvalue weighted by molar-refractivity contribution is 0.283. The van der Waals surface area contributed by atoms with Gasteiger partial charge in [-0.15, -0.1) is 0 Å². The molecule has 0 atom stereocenters. The van der Waals surface area contributed by atoms with E-state index in [-0.39, 0.29) is 6.61 Å². The maximum Gasteiger partial charge on any atom is 0.137 e. The number of aromatic nitrogens is 2. The van der Waals surface area contributed by atoms with Crippen LogP contribution in [0.5, 0.6) is 0 Å². The van der Waals surface area contributed by atoms with E-state index in [2.05, 4.69) is 20.2 Å². The van der Waals surface area contributed by atoms with Gasteiger partial charge in [-0.25, -0.2) is 9.97 Å². The van der Waals surface area contributed by atoms with Gasteiger partial charge in [0.25, 0.3) is 0 Å². The molecular weight excluding hydrogens is 228 g/mol. The van der Waals surface area contributed by atoms with Crippen LogP contribution in [-0.2, 0) is 0 Å². The standard InChI is InChI=1S/C13H24N4O/c1-10-12(14-3)15-11(2)16-13(10)17(4)8-6-5-7-9-18/h18H,5-9H2,1-4H3,(H,14,15,16). The summed E-state index contributed by atoms with van der Waals surface area (Å²) in [6.45, 7) is 5.16. The topological polar surface area (TPSA) is 61.3 Å². The van der Waals surface area contributed by atoms with E-state index in [1.165, 1.54) is 0 Å². The molecule has 0 aromatic carbocycles. The number of nitrogens with one attached hydrogen (secondary N) is 1. The minimum Gasteiger partial charge on any atom is -0.396 e. The molecule has 0 aliphatic rings. The Balaban J connectivity index is 2.72. The fourth-order valence-electron chi connectivity index (χ4n) is 1.97. The average Bonchev–Trinajstić information content (AvgIpc) is 2.36. The van der Waals surface area contributed by atoms with E-state index in [1.807, 2.05) is 27.9 Å². The highest BCUT2D eigenvalue weighted by atomic mass is 16.2. The minimum atomic E-state index is 0.277. The molecule has 0 fully saturated rings. The largest absolute Gasteiger partial charge is 0.396 e. The van der Waals surface area contributed by atoms with Gasteiger partial charge >= 0.3 is 0 Å². The number of nitrogens with zero attached hydrogens (tertiary/aromatic N) is 3. The molecule has 0 spiro atoms. The lowest BCUT2D eigenvalue weighted by Gasteiger charge is -2.21. The number of rotatable bonds is 7. The molecule has 0 bridgehead atoms. The highest BCUT2D eigenvalue weighted by Crippen LogP contribution is 2.22. The number of aryl methyl sites for hydroxylation is 1. The second kappa shape index (κ2) is 7.16. The van der Waals surface area contributed by atoms with Crippen molar-refractivity contribution < 1.29 is 5.11 Å². The van der Waals surface area contributed by atoms with Crippen LogP contribution in [-0.4, -0.2) is 42.3 Å². The van der Waals surface area contributed by atoms with E-state index in [0.29, 0.717) is 0 Å². The van der Waals surface area contributed by atoms with Crippen molar-refractivity contribution in [2.75, 3.05) is 37.5 Å².